The van der Waals surface area contributed by atoms with Gasteiger partial charge in [0.2, 0.25) is 0 Å². The Labute approximate surface area is 270 Å². The Kier molecular flexibility index (Phi) is 16.8. The minimum Gasteiger partial charge on any atom is -0.508 e. The van der Waals surface area contributed by atoms with Gasteiger partial charge in [-0.25, -0.2) is 0 Å². The average molecular weight is 617 g/mol. The molecule has 0 amide bonds. The van der Waals surface area contributed by atoms with Gasteiger partial charge >= 0.3 is 5.97 Å². The van der Waals surface area contributed by atoms with Gasteiger partial charge in [-0.1, -0.05) is 97.1 Å². The molecule has 3 aromatic carbocycles. The fraction of sp³-hybridized carbons (Fsp3) is 0.368. The zero-order valence-corrected chi connectivity index (χ0v) is 27.8. The van der Waals surface area contributed by atoms with E-state index in [9.17, 15) is 15.3 Å². The summed E-state index contributed by atoms with van der Waals surface area (Å²) < 4.78 is 11.5. The van der Waals surface area contributed by atoms with Crippen molar-refractivity contribution in [1.29, 1.82) is 0 Å². The molecule has 2 unspecified atom stereocenters. The maximum absolute atomic E-state index is 11.3. The third kappa shape index (κ3) is 12.5. The molecule has 45 heavy (non-hydrogen) atoms. The third-order valence-corrected chi connectivity index (χ3v) is 6.61. The van der Waals surface area contributed by atoms with Crippen LogP contribution in [0.1, 0.15) is 82.7 Å². The summed E-state index contributed by atoms with van der Waals surface area (Å²) in [6.45, 7) is 22.9. The van der Waals surface area contributed by atoms with Crippen LogP contribution in [0.5, 0.6) is 5.75 Å². The molecular weight excluding hydrogens is 564 g/mol. The van der Waals surface area contributed by atoms with Crippen LogP contribution >= 0.6 is 0 Å². The number of benzene rings is 3. The number of unbranched alkanes of at least 4 members (excludes halogenated alkanes) is 1. The van der Waals surface area contributed by atoms with E-state index >= 15 is 0 Å². The predicted octanol–water partition coefficient (Wildman–Crippen LogP) is 7.39. The molecule has 0 radical (unpaired) electrons. The molecule has 0 saturated carbocycles. The van der Waals surface area contributed by atoms with Crippen LogP contribution < -0.4 is 11.1 Å². The van der Waals surface area contributed by atoms with Gasteiger partial charge in [-0.05, 0) is 59.7 Å². The minimum absolute atomic E-state index is 0.0649. The molecule has 0 spiro atoms. The summed E-state index contributed by atoms with van der Waals surface area (Å²) in [5.74, 6) is 4.17. The molecule has 244 valence electrons. The summed E-state index contributed by atoms with van der Waals surface area (Å²) in [5.41, 5.74) is 9.44. The highest BCUT2D eigenvalue weighted by molar-refractivity contribution is 5.63. The van der Waals surface area contributed by atoms with E-state index in [4.69, 9.17) is 15.2 Å². The second kappa shape index (κ2) is 19.4. The van der Waals surface area contributed by atoms with Crippen LogP contribution in [-0.2, 0) is 9.47 Å². The van der Waals surface area contributed by atoms with Crippen molar-refractivity contribution in [1.82, 2.24) is 5.32 Å². The van der Waals surface area contributed by atoms with E-state index in [2.05, 4.69) is 50.7 Å². The molecule has 4 rings (SSSR count). The molecule has 3 aromatic rings. The van der Waals surface area contributed by atoms with Gasteiger partial charge in [0, 0.05) is 27.9 Å². The van der Waals surface area contributed by atoms with E-state index in [0.717, 1.165) is 16.7 Å². The monoisotopic (exact) mass is 616 g/mol. The van der Waals surface area contributed by atoms with Crippen molar-refractivity contribution in [2.45, 2.75) is 72.5 Å². The van der Waals surface area contributed by atoms with Gasteiger partial charge in [0.1, 0.15) is 17.9 Å². The van der Waals surface area contributed by atoms with Crippen LogP contribution in [0.2, 0.25) is 0 Å². The predicted molar refractivity (Wildman–Crippen MR) is 186 cm³/mol. The van der Waals surface area contributed by atoms with Crippen LogP contribution in [0.3, 0.4) is 0 Å². The van der Waals surface area contributed by atoms with Crippen molar-refractivity contribution in [3.63, 3.8) is 0 Å². The summed E-state index contributed by atoms with van der Waals surface area (Å²) in [7, 11) is 0. The lowest BCUT2D eigenvalue weighted by atomic mass is 9.93. The first kappa shape index (κ1) is 39.0. The largest absolute Gasteiger partial charge is 0.508 e. The van der Waals surface area contributed by atoms with Crippen LogP contribution in [0.15, 0.2) is 92.5 Å². The van der Waals surface area contributed by atoms with E-state index in [-0.39, 0.29) is 24.4 Å². The lowest BCUT2D eigenvalue weighted by molar-refractivity contribution is -0.417. The third-order valence-electron chi connectivity index (χ3n) is 6.61. The molecule has 0 aliphatic carbocycles. The van der Waals surface area contributed by atoms with Crippen LogP contribution in [0.25, 0.3) is 5.70 Å². The zero-order chi connectivity index (χ0) is 34.0. The number of rotatable bonds is 7. The minimum atomic E-state index is -2.11. The van der Waals surface area contributed by atoms with Gasteiger partial charge < -0.3 is 35.8 Å². The zero-order valence-electron chi connectivity index (χ0n) is 27.8. The molecular formula is C38H52N2O5. The van der Waals surface area contributed by atoms with Gasteiger partial charge in [-0.3, -0.25) is 0 Å². The van der Waals surface area contributed by atoms with Crippen LogP contribution in [0.4, 0.5) is 5.69 Å². The van der Waals surface area contributed by atoms with Crippen molar-refractivity contribution in [3.8, 4) is 17.6 Å². The fourth-order valence-corrected chi connectivity index (χ4v) is 3.83. The Morgan fingerprint density at radius 3 is 1.76 bits per heavy atom. The number of phenols is 1. The molecule has 0 aromatic heterocycles. The molecule has 1 heterocycles. The second-order valence-electron chi connectivity index (χ2n) is 11.0. The van der Waals surface area contributed by atoms with Crippen LogP contribution in [0, 0.1) is 17.3 Å². The number of hydrogen-bond donors (Lipinski definition) is 5. The first-order chi connectivity index (χ1) is 21.5. The summed E-state index contributed by atoms with van der Waals surface area (Å²) in [5, 5.41) is 35.3. The summed E-state index contributed by atoms with van der Waals surface area (Å²) >= 11 is 0. The van der Waals surface area contributed by atoms with Gasteiger partial charge in [0.15, 0.2) is 0 Å². The Bertz CT molecular complexity index is 1330. The molecule has 1 aliphatic heterocycles. The van der Waals surface area contributed by atoms with Crippen molar-refractivity contribution >= 4 is 11.4 Å². The Morgan fingerprint density at radius 2 is 1.31 bits per heavy atom. The highest BCUT2D eigenvalue weighted by Gasteiger charge is 2.49. The first-order valence-corrected chi connectivity index (χ1v) is 15.4. The quantitative estimate of drug-likeness (QED) is 0.107. The van der Waals surface area contributed by atoms with E-state index in [1.165, 1.54) is 25.0 Å². The molecule has 2 atom stereocenters. The molecule has 6 N–H and O–H groups in total. The number of nitrogens with two attached hydrogens (primary N) is 1. The van der Waals surface area contributed by atoms with Gasteiger partial charge in [-0.2, -0.15) is 0 Å². The lowest BCUT2D eigenvalue weighted by Crippen LogP contribution is -2.61. The number of aliphatic hydroxyl groups excluding tert-OH is 1. The standard InChI is InChI=1S/C30H32N2O5.C4H10.C2H6.C2H4/c1-20(23-10-6-21(7-11-23)4-5-22-8-14-25(31)15-9-22)32-28(27(34)24-12-16-26(33)17-13-24)30(35)36-18-29(2,3)19-37-30;1-3-4-2;2*1-2/h6-17,27-28,32-35H,1,18-19,31H2,2-3H3;3-4H2,1-2H3;1-2H3;1-2H2. The first-order valence-electron chi connectivity index (χ1n) is 15.4. The number of phenolic OH excluding ortho intramolecular Hbond substituents is 1. The number of aliphatic hydroxyl groups is 2. The van der Waals surface area contributed by atoms with Crippen molar-refractivity contribution in [2.24, 2.45) is 5.41 Å². The Balaban J connectivity index is 0.00000115. The molecule has 1 saturated heterocycles. The van der Waals surface area contributed by atoms with Crippen LogP contribution in [-0.4, -0.2) is 40.5 Å². The summed E-state index contributed by atoms with van der Waals surface area (Å²) in [4.78, 5) is 0. The van der Waals surface area contributed by atoms with E-state index in [1.54, 1.807) is 24.3 Å². The van der Waals surface area contributed by atoms with Crippen molar-refractivity contribution in [2.75, 3.05) is 18.9 Å². The number of ether oxygens (including phenoxy) is 2. The summed E-state index contributed by atoms with van der Waals surface area (Å²) in [6, 6.07) is 19.7. The molecule has 0 bridgehead atoms. The lowest BCUT2D eigenvalue weighted by Gasteiger charge is -2.45. The van der Waals surface area contributed by atoms with Gasteiger partial charge in [0.25, 0.3) is 0 Å². The van der Waals surface area contributed by atoms with Crippen molar-refractivity contribution in [3.05, 3.63) is 115 Å². The number of aromatic hydroxyl groups is 1. The molecule has 7 nitrogen and oxygen atoms in total. The maximum atomic E-state index is 11.3. The Hall–Kier alpha value is -4.06. The van der Waals surface area contributed by atoms with Crippen molar-refractivity contribution < 1.29 is 24.8 Å². The molecule has 1 aliphatic rings. The average Bonchev–Trinajstić information content (AvgIpc) is 3.07. The number of hydrogen-bond acceptors (Lipinski definition) is 7. The van der Waals surface area contributed by atoms with Gasteiger partial charge in [-0.15, -0.1) is 13.2 Å². The Morgan fingerprint density at radius 1 is 0.867 bits per heavy atom. The number of nitrogens with one attached hydrogen (secondary N) is 1. The van der Waals surface area contributed by atoms with E-state index in [0.29, 0.717) is 16.9 Å². The van der Waals surface area contributed by atoms with Gasteiger partial charge in [0.05, 0.1) is 13.2 Å². The highest BCUT2D eigenvalue weighted by Crippen LogP contribution is 2.35. The SMILES string of the molecule is C=C.C=C(NC(C(O)c1ccc(O)cc1)C1(O)OCC(C)(C)CO1)c1ccc(C#Cc2ccc(N)cc2)cc1.CC.CCCC. The number of nitrogen functional groups attached to an aromatic ring is 1. The topological polar surface area (TPSA) is 117 Å². The second-order valence-corrected chi connectivity index (χ2v) is 11.0. The van der Waals surface area contributed by atoms with E-state index < -0.39 is 18.1 Å². The molecule has 1 fully saturated rings. The number of anilines is 1. The molecule has 7 heteroatoms. The normalized spacial score (nSPS) is 15.4. The fourth-order valence-electron chi connectivity index (χ4n) is 3.83. The smallest absolute Gasteiger partial charge is 0.304 e. The highest BCUT2D eigenvalue weighted by atomic mass is 16.8. The van der Waals surface area contributed by atoms with E-state index in [1.807, 2.05) is 64.1 Å². The maximum Gasteiger partial charge on any atom is 0.304 e. The summed E-state index contributed by atoms with van der Waals surface area (Å²) in [6.07, 6.45) is 1.40.